The molecular weight excluding hydrogens is 493 g/mol. The standard InChI is InChI=1S/C23H25F3N8O3/c1-22(2,23(24,25)26)34-11-28-19(33-34)13-6-5-7-14(18(13)37-4)30-15-10-16(20(35)29-12-8-9-12)31-32-17(15)21(36)27-3/h5-7,10-12H,8-9H2,1-4H3,(H,27,36)(H,29,35)(H,30,31)/i3D3. The van der Waals surface area contributed by atoms with Gasteiger partial charge in [-0.3, -0.25) is 9.59 Å². The van der Waals surface area contributed by atoms with Crippen molar-refractivity contribution in [2.24, 2.45) is 0 Å². The molecule has 14 heteroatoms. The fraction of sp³-hybridized carbons (Fsp3) is 0.391. The molecule has 0 spiro atoms. The first-order valence-electron chi connectivity index (χ1n) is 12.5. The molecule has 3 N–H and O–H groups in total. The molecule has 1 aromatic carbocycles. The number of hydrogen-bond donors (Lipinski definition) is 3. The van der Waals surface area contributed by atoms with Gasteiger partial charge < -0.3 is 20.7 Å². The first kappa shape index (κ1) is 22.0. The number of nitrogens with one attached hydrogen (secondary N) is 3. The third-order valence-electron chi connectivity index (χ3n) is 5.76. The summed E-state index contributed by atoms with van der Waals surface area (Å²) >= 11 is 0. The highest BCUT2D eigenvalue weighted by atomic mass is 19.4. The number of ether oxygens (including phenoxy) is 1. The molecule has 1 saturated carbocycles. The quantitative estimate of drug-likeness (QED) is 0.412. The SMILES string of the molecule is [2H]C([2H])([2H])NC(=O)c1nnc(C(=O)NC2CC2)cc1Nc1cccc(-c2ncn(C(C)(C)C(F)(F)F)n2)c1OC. The monoisotopic (exact) mass is 521 g/mol. The predicted octanol–water partition coefficient (Wildman–Crippen LogP) is 3.04. The fourth-order valence-electron chi connectivity index (χ4n) is 3.27. The maximum atomic E-state index is 13.5. The lowest BCUT2D eigenvalue weighted by molar-refractivity contribution is -0.205. The number of para-hydroxylation sites is 1. The minimum atomic E-state index is -4.60. The molecule has 0 atom stereocenters. The molecule has 2 heterocycles. The van der Waals surface area contributed by atoms with Crippen LogP contribution in [0.2, 0.25) is 0 Å². The summed E-state index contributed by atoms with van der Waals surface area (Å²) in [6.07, 6.45) is -2.01. The van der Waals surface area contributed by atoms with Gasteiger partial charge in [-0.15, -0.1) is 15.3 Å². The molecular formula is C23H25F3N8O3. The van der Waals surface area contributed by atoms with Crippen molar-refractivity contribution in [3.8, 4) is 17.1 Å². The van der Waals surface area contributed by atoms with Crippen LogP contribution in [0.25, 0.3) is 11.4 Å². The van der Waals surface area contributed by atoms with Crippen LogP contribution in [0.5, 0.6) is 5.75 Å². The number of carbonyl (C=O) groups excluding carboxylic acids is 2. The molecule has 196 valence electrons. The van der Waals surface area contributed by atoms with E-state index < -0.39 is 36.2 Å². The number of aromatic nitrogens is 5. The molecule has 4 rings (SSSR count). The maximum Gasteiger partial charge on any atom is 0.413 e. The van der Waals surface area contributed by atoms with Crippen LogP contribution >= 0.6 is 0 Å². The van der Waals surface area contributed by atoms with E-state index in [0.29, 0.717) is 4.68 Å². The molecule has 0 saturated heterocycles. The summed E-state index contributed by atoms with van der Waals surface area (Å²) in [6, 6.07) is 5.81. The number of methoxy groups -OCH3 is 1. The highest BCUT2D eigenvalue weighted by Gasteiger charge is 2.50. The summed E-state index contributed by atoms with van der Waals surface area (Å²) in [6.45, 7) is -0.913. The Hall–Kier alpha value is -4.23. The van der Waals surface area contributed by atoms with Crippen LogP contribution in [0.4, 0.5) is 24.5 Å². The van der Waals surface area contributed by atoms with Gasteiger partial charge >= 0.3 is 6.18 Å². The van der Waals surface area contributed by atoms with Gasteiger partial charge in [0.1, 0.15) is 6.33 Å². The van der Waals surface area contributed by atoms with E-state index >= 15 is 0 Å². The van der Waals surface area contributed by atoms with Crippen molar-refractivity contribution >= 4 is 23.2 Å². The van der Waals surface area contributed by atoms with Crippen LogP contribution in [0.1, 0.15) is 51.8 Å². The van der Waals surface area contributed by atoms with E-state index in [0.717, 1.165) is 33.0 Å². The molecule has 0 radical (unpaired) electrons. The van der Waals surface area contributed by atoms with Gasteiger partial charge in [-0.05, 0) is 44.9 Å². The van der Waals surface area contributed by atoms with Crippen LogP contribution in [0.3, 0.4) is 0 Å². The summed E-state index contributed by atoms with van der Waals surface area (Å²) in [5, 5.41) is 19.0. The summed E-state index contributed by atoms with van der Waals surface area (Å²) < 4.78 is 68.8. The van der Waals surface area contributed by atoms with E-state index in [4.69, 9.17) is 8.85 Å². The van der Waals surface area contributed by atoms with Crippen molar-refractivity contribution in [1.29, 1.82) is 0 Å². The molecule has 0 bridgehead atoms. The maximum absolute atomic E-state index is 13.5. The Bertz CT molecular complexity index is 1440. The molecule has 0 unspecified atom stereocenters. The van der Waals surface area contributed by atoms with Crippen molar-refractivity contribution in [3.05, 3.63) is 42.0 Å². The van der Waals surface area contributed by atoms with Gasteiger partial charge in [-0.2, -0.15) is 13.2 Å². The first-order valence-corrected chi connectivity index (χ1v) is 11.0. The Kier molecular flexibility index (Phi) is 5.75. The molecule has 2 amide bonds. The zero-order valence-corrected chi connectivity index (χ0v) is 20.0. The number of benzene rings is 1. The average molecular weight is 522 g/mol. The van der Waals surface area contributed by atoms with Gasteiger partial charge in [0.05, 0.1) is 24.0 Å². The van der Waals surface area contributed by atoms with Crippen LogP contribution in [-0.4, -0.2) is 63.1 Å². The van der Waals surface area contributed by atoms with E-state index in [9.17, 15) is 22.8 Å². The van der Waals surface area contributed by atoms with Gasteiger partial charge in [-0.25, -0.2) is 9.67 Å². The number of anilines is 2. The topological polar surface area (TPSA) is 136 Å². The van der Waals surface area contributed by atoms with Gasteiger partial charge in [0.15, 0.2) is 28.5 Å². The second-order valence-electron chi connectivity index (χ2n) is 8.77. The van der Waals surface area contributed by atoms with Gasteiger partial charge in [-0.1, -0.05) is 6.07 Å². The van der Waals surface area contributed by atoms with Crippen molar-refractivity contribution in [2.45, 2.75) is 44.4 Å². The molecule has 1 aliphatic rings. The Morgan fingerprint density at radius 2 is 1.92 bits per heavy atom. The van der Waals surface area contributed by atoms with E-state index in [1.54, 1.807) is 0 Å². The van der Waals surface area contributed by atoms with Gasteiger partial charge in [0.25, 0.3) is 11.8 Å². The van der Waals surface area contributed by atoms with Crippen molar-refractivity contribution in [3.63, 3.8) is 0 Å². The minimum Gasteiger partial charge on any atom is -0.494 e. The van der Waals surface area contributed by atoms with Crippen molar-refractivity contribution in [1.82, 2.24) is 35.6 Å². The zero-order chi connectivity index (χ0) is 29.5. The molecule has 37 heavy (non-hydrogen) atoms. The second kappa shape index (κ2) is 9.67. The van der Waals surface area contributed by atoms with Crippen LogP contribution in [0.15, 0.2) is 30.6 Å². The van der Waals surface area contributed by atoms with E-state index in [1.165, 1.54) is 31.4 Å². The summed E-state index contributed by atoms with van der Waals surface area (Å²) in [7, 11) is 1.31. The summed E-state index contributed by atoms with van der Waals surface area (Å²) in [4.78, 5) is 29.3. The minimum absolute atomic E-state index is 0.00986. The number of hydrogen-bond acceptors (Lipinski definition) is 8. The first-order chi connectivity index (χ1) is 18.6. The van der Waals surface area contributed by atoms with Crippen molar-refractivity contribution in [2.75, 3.05) is 19.4 Å². The second-order valence-corrected chi connectivity index (χ2v) is 8.77. The zero-order valence-electron chi connectivity index (χ0n) is 23.0. The lowest BCUT2D eigenvalue weighted by atomic mass is 10.1. The molecule has 1 aliphatic carbocycles. The Morgan fingerprint density at radius 1 is 1.16 bits per heavy atom. The van der Waals surface area contributed by atoms with Gasteiger partial charge in [0.2, 0.25) is 0 Å². The van der Waals surface area contributed by atoms with Crippen molar-refractivity contribution < 1.29 is 31.6 Å². The van der Waals surface area contributed by atoms with Crippen LogP contribution in [0, 0.1) is 0 Å². The Morgan fingerprint density at radius 3 is 2.57 bits per heavy atom. The molecule has 1 fully saturated rings. The average Bonchev–Trinajstić information content (AvgIpc) is 3.52. The predicted molar refractivity (Wildman–Crippen MR) is 127 cm³/mol. The summed E-state index contributed by atoms with van der Waals surface area (Å²) in [5.41, 5.74) is -2.58. The van der Waals surface area contributed by atoms with Gasteiger partial charge in [0, 0.05) is 17.1 Å². The summed E-state index contributed by atoms with van der Waals surface area (Å²) in [5.74, 6) is -1.61. The highest BCUT2D eigenvalue weighted by molar-refractivity contribution is 6.00. The van der Waals surface area contributed by atoms with E-state index in [2.05, 4.69) is 30.9 Å². The Balaban J connectivity index is 1.74. The lowest BCUT2D eigenvalue weighted by Gasteiger charge is -2.27. The smallest absolute Gasteiger partial charge is 0.413 e. The van der Waals surface area contributed by atoms with Crippen LogP contribution < -0.4 is 20.7 Å². The third kappa shape index (κ3) is 5.17. The number of halogens is 3. The molecule has 2 aromatic heterocycles. The number of alkyl halides is 3. The fourth-order valence-corrected chi connectivity index (χ4v) is 3.27. The van der Waals surface area contributed by atoms with E-state index in [1.807, 2.05) is 5.32 Å². The number of amides is 2. The molecule has 11 nitrogen and oxygen atoms in total. The van der Waals surface area contributed by atoms with E-state index in [-0.39, 0.29) is 40.2 Å². The third-order valence-corrected chi connectivity index (χ3v) is 5.76. The Labute approximate surface area is 214 Å². The number of carbonyl (C=O) groups is 2. The molecule has 0 aliphatic heterocycles. The highest BCUT2D eigenvalue weighted by Crippen LogP contribution is 2.39. The normalized spacial score (nSPS) is 15.2. The lowest BCUT2D eigenvalue weighted by Crippen LogP contribution is -2.42. The van der Waals surface area contributed by atoms with Crippen LogP contribution in [-0.2, 0) is 5.54 Å². The number of nitrogens with zero attached hydrogens (tertiary/aromatic N) is 5. The largest absolute Gasteiger partial charge is 0.494 e. The molecule has 3 aromatic rings. The number of rotatable bonds is 8.